The summed E-state index contributed by atoms with van der Waals surface area (Å²) in [5.74, 6) is -0.341. The zero-order chi connectivity index (χ0) is 10.8. The Balaban J connectivity index is 3.23. The van der Waals surface area contributed by atoms with Gasteiger partial charge in [0.15, 0.2) is 0 Å². The molecular formula is C10H21NO3. The molecule has 2 N–H and O–H groups in total. The summed E-state index contributed by atoms with van der Waals surface area (Å²) >= 11 is 0. The lowest BCUT2D eigenvalue weighted by Gasteiger charge is -2.09. The van der Waals surface area contributed by atoms with Crippen LogP contribution in [0.1, 0.15) is 33.1 Å². The first-order chi connectivity index (χ1) is 6.72. The molecular weight excluding hydrogens is 182 g/mol. The summed E-state index contributed by atoms with van der Waals surface area (Å²) in [4.78, 5) is 11.1. The van der Waals surface area contributed by atoms with Crippen LogP contribution in [-0.2, 0) is 14.3 Å². The predicted octanol–water partition coefficient (Wildman–Crippen LogP) is 1.08. The Bertz CT molecular complexity index is 150. The molecule has 0 saturated heterocycles. The van der Waals surface area contributed by atoms with Crippen LogP contribution in [0.5, 0.6) is 0 Å². The Hall–Kier alpha value is -0.610. The fourth-order valence-corrected chi connectivity index (χ4v) is 0.823. The number of unbranched alkanes of at least 4 members (excludes halogenated alkanes) is 1. The molecule has 0 aliphatic heterocycles. The van der Waals surface area contributed by atoms with E-state index in [2.05, 4.69) is 6.92 Å². The molecule has 0 fully saturated rings. The third-order valence-corrected chi connectivity index (χ3v) is 1.86. The SMILES string of the molecule is CCCCOCCOC(=O)C(N)CC. The van der Waals surface area contributed by atoms with Crippen LogP contribution in [0.15, 0.2) is 0 Å². The monoisotopic (exact) mass is 203 g/mol. The predicted molar refractivity (Wildman–Crippen MR) is 55.0 cm³/mol. The molecule has 0 aromatic rings. The Morgan fingerprint density at radius 1 is 1.29 bits per heavy atom. The van der Waals surface area contributed by atoms with Gasteiger partial charge in [-0.2, -0.15) is 0 Å². The van der Waals surface area contributed by atoms with Crippen LogP contribution in [0.25, 0.3) is 0 Å². The molecule has 0 rings (SSSR count). The summed E-state index contributed by atoms with van der Waals surface area (Å²) in [7, 11) is 0. The molecule has 0 aliphatic carbocycles. The molecule has 0 saturated carbocycles. The third-order valence-electron chi connectivity index (χ3n) is 1.86. The molecule has 1 atom stereocenters. The van der Waals surface area contributed by atoms with Gasteiger partial charge in [-0.3, -0.25) is 4.79 Å². The summed E-state index contributed by atoms with van der Waals surface area (Å²) in [6.45, 7) is 5.44. The zero-order valence-corrected chi connectivity index (χ0v) is 9.12. The largest absolute Gasteiger partial charge is 0.462 e. The normalized spacial score (nSPS) is 12.5. The second-order valence-corrected chi connectivity index (χ2v) is 3.15. The van der Waals surface area contributed by atoms with E-state index in [0.29, 0.717) is 19.6 Å². The molecule has 1 unspecified atom stereocenters. The number of ether oxygens (including phenoxy) is 2. The maximum Gasteiger partial charge on any atom is 0.322 e. The van der Waals surface area contributed by atoms with Crippen molar-refractivity contribution in [3.8, 4) is 0 Å². The molecule has 0 aliphatic rings. The van der Waals surface area contributed by atoms with Crippen LogP contribution in [0.2, 0.25) is 0 Å². The Morgan fingerprint density at radius 3 is 2.57 bits per heavy atom. The van der Waals surface area contributed by atoms with Crippen LogP contribution in [-0.4, -0.2) is 31.8 Å². The standard InChI is InChI=1S/C10H21NO3/c1-3-5-6-13-7-8-14-10(12)9(11)4-2/h9H,3-8,11H2,1-2H3. The van der Waals surface area contributed by atoms with Crippen molar-refractivity contribution in [1.29, 1.82) is 0 Å². The van der Waals surface area contributed by atoms with Gasteiger partial charge in [0.25, 0.3) is 0 Å². The van der Waals surface area contributed by atoms with Gasteiger partial charge >= 0.3 is 5.97 Å². The van der Waals surface area contributed by atoms with E-state index in [1.54, 1.807) is 0 Å². The van der Waals surface area contributed by atoms with Crippen LogP contribution in [0.3, 0.4) is 0 Å². The summed E-state index contributed by atoms with van der Waals surface area (Å²) < 4.78 is 10.1. The first-order valence-electron chi connectivity index (χ1n) is 5.22. The van der Waals surface area contributed by atoms with E-state index in [9.17, 15) is 4.79 Å². The smallest absolute Gasteiger partial charge is 0.322 e. The summed E-state index contributed by atoms with van der Waals surface area (Å²) in [6, 6.07) is -0.495. The lowest BCUT2D eigenvalue weighted by molar-refractivity contribution is -0.146. The number of esters is 1. The molecule has 14 heavy (non-hydrogen) atoms. The number of carbonyl (C=O) groups is 1. The van der Waals surface area contributed by atoms with E-state index < -0.39 is 6.04 Å². The maximum atomic E-state index is 11.1. The minimum Gasteiger partial charge on any atom is -0.462 e. The number of hydrogen-bond donors (Lipinski definition) is 1. The lowest BCUT2D eigenvalue weighted by Crippen LogP contribution is -2.32. The molecule has 4 heteroatoms. The van der Waals surface area contributed by atoms with Gasteiger partial charge in [-0.1, -0.05) is 20.3 Å². The van der Waals surface area contributed by atoms with E-state index in [1.165, 1.54) is 0 Å². The fourth-order valence-electron chi connectivity index (χ4n) is 0.823. The van der Waals surface area contributed by atoms with Gasteiger partial charge in [0.1, 0.15) is 12.6 Å². The molecule has 0 heterocycles. The van der Waals surface area contributed by atoms with Crippen LogP contribution in [0.4, 0.5) is 0 Å². The number of nitrogens with two attached hydrogens (primary N) is 1. The van der Waals surface area contributed by atoms with Gasteiger partial charge in [0, 0.05) is 6.61 Å². The van der Waals surface area contributed by atoms with Crippen molar-refractivity contribution < 1.29 is 14.3 Å². The zero-order valence-electron chi connectivity index (χ0n) is 9.12. The van der Waals surface area contributed by atoms with E-state index in [0.717, 1.165) is 19.4 Å². The van der Waals surface area contributed by atoms with Crippen molar-refractivity contribution in [2.24, 2.45) is 5.73 Å². The first-order valence-corrected chi connectivity index (χ1v) is 5.22. The van der Waals surface area contributed by atoms with Crippen LogP contribution >= 0.6 is 0 Å². The summed E-state index contributed by atoms with van der Waals surface area (Å²) in [5, 5.41) is 0. The molecule has 0 aromatic heterocycles. The average Bonchev–Trinajstić information content (AvgIpc) is 2.21. The molecule has 0 amide bonds. The van der Waals surface area contributed by atoms with Gasteiger partial charge in [-0.15, -0.1) is 0 Å². The van der Waals surface area contributed by atoms with E-state index >= 15 is 0 Å². The minimum absolute atomic E-state index is 0.302. The second-order valence-electron chi connectivity index (χ2n) is 3.15. The minimum atomic E-state index is -0.495. The van der Waals surface area contributed by atoms with Crippen molar-refractivity contribution in [3.05, 3.63) is 0 Å². The fraction of sp³-hybridized carbons (Fsp3) is 0.900. The summed E-state index contributed by atoms with van der Waals surface area (Å²) in [6.07, 6.45) is 2.76. The van der Waals surface area contributed by atoms with Gasteiger partial charge in [0.2, 0.25) is 0 Å². The molecule has 0 aromatic carbocycles. The van der Waals surface area contributed by atoms with Crippen molar-refractivity contribution in [3.63, 3.8) is 0 Å². The van der Waals surface area contributed by atoms with Crippen LogP contribution < -0.4 is 5.73 Å². The van der Waals surface area contributed by atoms with E-state index in [4.69, 9.17) is 15.2 Å². The molecule has 0 bridgehead atoms. The highest BCUT2D eigenvalue weighted by Gasteiger charge is 2.11. The van der Waals surface area contributed by atoms with E-state index in [-0.39, 0.29) is 5.97 Å². The molecule has 84 valence electrons. The van der Waals surface area contributed by atoms with Crippen molar-refractivity contribution >= 4 is 5.97 Å². The average molecular weight is 203 g/mol. The summed E-state index contributed by atoms with van der Waals surface area (Å²) in [5.41, 5.74) is 5.46. The van der Waals surface area contributed by atoms with Gasteiger partial charge in [0.05, 0.1) is 6.61 Å². The van der Waals surface area contributed by atoms with Gasteiger partial charge < -0.3 is 15.2 Å². The molecule has 0 spiro atoms. The molecule has 4 nitrogen and oxygen atoms in total. The van der Waals surface area contributed by atoms with E-state index in [1.807, 2.05) is 6.92 Å². The highest BCUT2D eigenvalue weighted by atomic mass is 16.6. The Labute approximate surface area is 85.8 Å². The topological polar surface area (TPSA) is 61.5 Å². The second kappa shape index (κ2) is 8.97. The maximum absolute atomic E-state index is 11.1. The number of rotatable bonds is 8. The first kappa shape index (κ1) is 13.4. The van der Waals surface area contributed by atoms with Gasteiger partial charge in [-0.25, -0.2) is 0 Å². The third kappa shape index (κ3) is 6.86. The highest BCUT2D eigenvalue weighted by molar-refractivity contribution is 5.75. The highest BCUT2D eigenvalue weighted by Crippen LogP contribution is 1.92. The lowest BCUT2D eigenvalue weighted by atomic mass is 10.2. The van der Waals surface area contributed by atoms with Crippen LogP contribution in [0, 0.1) is 0 Å². The Kier molecular flexibility index (Phi) is 8.57. The quantitative estimate of drug-likeness (QED) is 0.473. The number of carbonyl (C=O) groups excluding carboxylic acids is 1. The van der Waals surface area contributed by atoms with Crippen molar-refractivity contribution in [1.82, 2.24) is 0 Å². The van der Waals surface area contributed by atoms with Crippen molar-refractivity contribution in [2.75, 3.05) is 19.8 Å². The van der Waals surface area contributed by atoms with Crippen molar-refractivity contribution in [2.45, 2.75) is 39.2 Å². The molecule has 0 radical (unpaired) electrons. The Morgan fingerprint density at radius 2 is 2.00 bits per heavy atom. The number of hydrogen-bond acceptors (Lipinski definition) is 4. The van der Waals surface area contributed by atoms with Gasteiger partial charge in [-0.05, 0) is 12.8 Å².